The first kappa shape index (κ1) is 14.7. The number of carbonyl (C=O) groups excluding carboxylic acids is 1. The largest absolute Gasteiger partial charge is 0.396 e. The molecule has 0 saturated carbocycles. The van der Waals surface area contributed by atoms with Crippen molar-refractivity contribution in [1.29, 1.82) is 0 Å². The molecule has 0 radical (unpaired) electrons. The molecule has 0 aliphatic heterocycles. The van der Waals surface area contributed by atoms with E-state index in [-0.39, 0.29) is 18.4 Å². The zero-order valence-corrected chi connectivity index (χ0v) is 11.4. The van der Waals surface area contributed by atoms with Crippen LogP contribution in [0.2, 0.25) is 5.02 Å². The zero-order valence-electron chi connectivity index (χ0n) is 10.6. The zero-order chi connectivity index (χ0) is 13.5. The summed E-state index contributed by atoms with van der Waals surface area (Å²) in [4.78, 5) is 11.6. The van der Waals surface area contributed by atoms with E-state index in [9.17, 15) is 4.79 Å². The van der Waals surface area contributed by atoms with Crippen LogP contribution in [-0.2, 0) is 4.79 Å². The first-order valence-corrected chi connectivity index (χ1v) is 6.23. The summed E-state index contributed by atoms with van der Waals surface area (Å²) in [7, 11) is 0. The van der Waals surface area contributed by atoms with Crippen LogP contribution >= 0.6 is 11.6 Å². The van der Waals surface area contributed by atoms with Crippen LogP contribution in [0.25, 0.3) is 5.57 Å². The average molecular weight is 268 g/mol. The van der Waals surface area contributed by atoms with Gasteiger partial charge < -0.3 is 10.4 Å². The lowest BCUT2D eigenvalue weighted by atomic mass is 10.1. The quantitative estimate of drug-likeness (QED) is 0.806. The van der Waals surface area contributed by atoms with Crippen LogP contribution in [0.3, 0.4) is 0 Å². The highest BCUT2D eigenvalue weighted by Gasteiger charge is 2.04. The average Bonchev–Trinajstić information content (AvgIpc) is 2.35. The Labute approximate surface area is 112 Å². The Hall–Kier alpha value is -1.32. The number of allylic oxidation sites excluding steroid dienone is 1. The SMILES string of the molecule is C/C(=C/C(=O)NCC(C)CO)c1cccc(Cl)c1. The molecule has 0 aliphatic rings. The van der Waals surface area contributed by atoms with Gasteiger partial charge in [-0.3, -0.25) is 4.79 Å². The second-order valence-electron chi connectivity index (χ2n) is 4.37. The van der Waals surface area contributed by atoms with E-state index in [0.29, 0.717) is 11.6 Å². The number of hydrogen-bond acceptors (Lipinski definition) is 2. The fourth-order valence-electron chi connectivity index (χ4n) is 1.40. The van der Waals surface area contributed by atoms with Crippen LogP contribution in [0.1, 0.15) is 19.4 Å². The first-order chi connectivity index (χ1) is 8.52. The Morgan fingerprint density at radius 1 is 1.56 bits per heavy atom. The summed E-state index contributed by atoms with van der Waals surface area (Å²) in [6.45, 7) is 4.26. The minimum Gasteiger partial charge on any atom is -0.396 e. The van der Waals surface area contributed by atoms with Gasteiger partial charge in [0, 0.05) is 24.3 Å². The molecule has 1 atom stereocenters. The molecule has 98 valence electrons. The van der Waals surface area contributed by atoms with Gasteiger partial charge in [-0.1, -0.05) is 30.7 Å². The number of halogens is 1. The first-order valence-electron chi connectivity index (χ1n) is 5.86. The molecular weight excluding hydrogens is 250 g/mol. The Balaban J connectivity index is 2.63. The third kappa shape index (κ3) is 4.90. The summed E-state index contributed by atoms with van der Waals surface area (Å²) in [5.74, 6) is -0.0957. The molecule has 2 N–H and O–H groups in total. The van der Waals surface area contributed by atoms with Crippen LogP contribution in [-0.4, -0.2) is 24.2 Å². The lowest BCUT2D eigenvalue weighted by Crippen LogP contribution is -2.28. The van der Waals surface area contributed by atoms with E-state index in [2.05, 4.69) is 5.32 Å². The summed E-state index contributed by atoms with van der Waals surface area (Å²) in [6.07, 6.45) is 1.54. The molecule has 18 heavy (non-hydrogen) atoms. The number of benzene rings is 1. The summed E-state index contributed by atoms with van der Waals surface area (Å²) >= 11 is 5.89. The van der Waals surface area contributed by atoms with Gasteiger partial charge in [0.1, 0.15) is 0 Å². The lowest BCUT2D eigenvalue weighted by molar-refractivity contribution is -0.116. The van der Waals surface area contributed by atoms with Crippen molar-refractivity contribution in [1.82, 2.24) is 5.32 Å². The smallest absolute Gasteiger partial charge is 0.244 e. The molecule has 0 spiro atoms. The Bertz CT molecular complexity index is 443. The highest BCUT2D eigenvalue weighted by atomic mass is 35.5. The van der Waals surface area contributed by atoms with E-state index >= 15 is 0 Å². The standard InChI is InChI=1S/C14H18ClNO2/c1-10(9-17)8-16-14(18)6-11(2)12-4-3-5-13(15)7-12/h3-7,10,17H,8-9H2,1-2H3,(H,16,18)/b11-6-. The highest BCUT2D eigenvalue weighted by molar-refractivity contribution is 6.30. The topological polar surface area (TPSA) is 49.3 Å². The molecule has 1 rings (SSSR count). The van der Waals surface area contributed by atoms with Crippen molar-refractivity contribution >= 4 is 23.1 Å². The van der Waals surface area contributed by atoms with Crippen LogP contribution in [0.5, 0.6) is 0 Å². The molecule has 4 heteroatoms. The van der Waals surface area contributed by atoms with Crippen molar-refractivity contribution in [3.05, 3.63) is 40.9 Å². The maximum Gasteiger partial charge on any atom is 0.244 e. The Morgan fingerprint density at radius 3 is 2.89 bits per heavy atom. The molecule has 0 fully saturated rings. The van der Waals surface area contributed by atoms with Crippen LogP contribution in [0.4, 0.5) is 0 Å². The van der Waals surface area contributed by atoms with Crippen LogP contribution < -0.4 is 5.32 Å². The van der Waals surface area contributed by atoms with Crippen molar-refractivity contribution in [2.45, 2.75) is 13.8 Å². The summed E-state index contributed by atoms with van der Waals surface area (Å²) in [5.41, 5.74) is 1.78. The molecule has 0 saturated heterocycles. The number of hydrogen-bond donors (Lipinski definition) is 2. The number of aliphatic hydroxyl groups excluding tert-OH is 1. The van der Waals surface area contributed by atoms with Crippen molar-refractivity contribution in [3.63, 3.8) is 0 Å². The monoisotopic (exact) mass is 267 g/mol. The molecule has 1 amide bonds. The van der Waals surface area contributed by atoms with E-state index in [1.54, 1.807) is 6.07 Å². The second-order valence-corrected chi connectivity index (χ2v) is 4.81. The number of amides is 1. The second kappa shape index (κ2) is 7.19. The molecule has 0 aromatic heterocycles. The van der Waals surface area contributed by atoms with Crippen molar-refractivity contribution in [2.24, 2.45) is 5.92 Å². The molecule has 1 aromatic carbocycles. The van der Waals surface area contributed by atoms with Gasteiger partial charge in [0.05, 0.1) is 0 Å². The van der Waals surface area contributed by atoms with Crippen molar-refractivity contribution in [2.75, 3.05) is 13.2 Å². The molecule has 1 unspecified atom stereocenters. The molecule has 0 aliphatic carbocycles. The Kier molecular flexibility index (Phi) is 5.89. The van der Waals surface area contributed by atoms with E-state index < -0.39 is 0 Å². The molecule has 1 aromatic rings. The number of aliphatic hydroxyl groups is 1. The molecule has 0 bridgehead atoms. The van der Waals surface area contributed by atoms with Gasteiger partial charge in [0.25, 0.3) is 0 Å². The van der Waals surface area contributed by atoms with E-state index in [1.807, 2.05) is 32.0 Å². The van der Waals surface area contributed by atoms with Crippen LogP contribution in [0, 0.1) is 5.92 Å². The van der Waals surface area contributed by atoms with E-state index in [0.717, 1.165) is 11.1 Å². The third-order valence-electron chi connectivity index (χ3n) is 2.56. The van der Waals surface area contributed by atoms with Gasteiger partial charge in [0.2, 0.25) is 5.91 Å². The fraction of sp³-hybridized carbons (Fsp3) is 0.357. The third-order valence-corrected chi connectivity index (χ3v) is 2.80. The maximum atomic E-state index is 11.6. The van der Waals surface area contributed by atoms with E-state index in [1.165, 1.54) is 6.08 Å². The molecular formula is C14H18ClNO2. The molecule has 0 heterocycles. The summed E-state index contributed by atoms with van der Waals surface area (Å²) in [5, 5.41) is 12.2. The van der Waals surface area contributed by atoms with Gasteiger partial charge in [-0.15, -0.1) is 0 Å². The fourth-order valence-corrected chi connectivity index (χ4v) is 1.59. The highest BCUT2D eigenvalue weighted by Crippen LogP contribution is 2.17. The predicted molar refractivity (Wildman–Crippen MR) is 74.4 cm³/mol. The Morgan fingerprint density at radius 2 is 2.28 bits per heavy atom. The van der Waals surface area contributed by atoms with Gasteiger partial charge in [0.15, 0.2) is 0 Å². The maximum absolute atomic E-state index is 11.6. The minimum absolute atomic E-state index is 0.0637. The van der Waals surface area contributed by atoms with Gasteiger partial charge in [-0.25, -0.2) is 0 Å². The predicted octanol–water partition coefficient (Wildman–Crippen LogP) is 2.49. The summed E-state index contributed by atoms with van der Waals surface area (Å²) in [6, 6.07) is 7.36. The normalized spacial score (nSPS) is 13.2. The van der Waals surface area contributed by atoms with Gasteiger partial charge in [-0.2, -0.15) is 0 Å². The number of carbonyl (C=O) groups is 1. The van der Waals surface area contributed by atoms with Crippen molar-refractivity contribution < 1.29 is 9.90 Å². The number of nitrogens with one attached hydrogen (secondary N) is 1. The van der Waals surface area contributed by atoms with Crippen molar-refractivity contribution in [3.8, 4) is 0 Å². The van der Waals surface area contributed by atoms with Gasteiger partial charge >= 0.3 is 0 Å². The van der Waals surface area contributed by atoms with Gasteiger partial charge in [-0.05, 0) is 36.1 Å². The number of rotatable bonds is 5. The minimum atomic E-state index is -0.159. The van der Waals surface area contributed by atoms with Crippen LogP contribution in [0.15, 0.2) is 30.3 Å². The summed E-state index contributed by atoms with van der Waals surface area (Å²) < 4.78 is 0. The lowest BCUT2D eigenvalue weighted by Gasteiger charge is -2.08. The van der Waals surface area contributed by atoms with E-state index in [4.69, 9.17) is 16.7 Å². The molecule has 3 nitrogen and oxygen atoms in total.